The SMILES string of the molecule is CSCc1noc(CNC(=O)c2ccc3c(c2)OCCO3)n1. The Kier molecular flexibility index (Phi) is 4.47. The minimum Gasteiger partial charge on any atom is -0.486 e. The van der Waals surface area contributed by atoms with Crippen LogP contribution in [0.3, 0.4) is 0 Å². The van der Waals surface area contributed by atoms with Crippen molar-refractivity contribution in [2.24, 2.45) is 0 Å². The average Bonchev–Trinajstić information content (AvgIpc) is 3.00. The second kappa shape index (κ2) is 6.69. The zero-order chi connectivity index (χ0) is 15.4. The summed E-state index contributed by atoms with van der Waals surface area (Å²) >= 11 is 1.60. The van der Waals surface area contributed by atoms with Crippen LogP contribution in [0, 0.1) is 0 Å². The van der Waals surface area contributed by atoms with Crippen molar-refractivity contribution < 1.29 is 18.8 Å². The summed E-state index contributed by atoms with van der Waals surface area (Å²) in [6.45, 7) is 1.20. The van der Waals surface area contributed by atoms with E-state index in [0.717, 1.165) is 0 Å². The van der Waals surface area contributed by atoms with Crippen molar-refractivity contribution in [3.05, 3.63) is 35.5 Å². The average molecular weight is 321 g/mol. The molecule has 0 aliphatic carbocycles. The lowest BCUT2D eigenvalue weighted by Crippen LogP contribution is -2.23. The van der Waals surface area contributed by atoms with E-state index >= 15 is 0 Å². The molecular weight excluding hydrogens is 306 g/mol. The Morgan fingerprint density at radius 3 is 2.95 bits per heavy atom. The second-order valence-electron chi connectivity index (χ2n) is 4.58. The van der Waals surface area contributed by atoms with Gasteiger partial charge in [-0.1, -0.05) is 5.16 Å². The van der Waals surface area contributed by atoms with Crippen molar-refractivity contribution in [3.8, 4) is 11.5 Å². The Morgan fingerprint density at radius 1 is 1.32 bits per heavy atom. The van der Waals surface area contributed by atoms with Crippen LogP contribution in [0.25, 0.3) is 0 Å². The number of carbonyl (C=O) groups excluding carboxylic acids is 1. The number of amides is 1. The van der Waals surface area contributed by atoms with Gasteiger partial charge in [0.05, 0.1) is 12.3 Å². The van der Waals surface area contributed by atoms with Gasteiger partial charge in [0.15, 0.2) is 17.3 Å². The molecule has 2 aromatic rings. The Labute approximate surface area is 131 Å². The van der Waals surface area contributed by atoms with Crippen LogP contribution in [0.1, 0.15) is 22.1 Å². The molecule has 1 amide bonds. The van der Waals surface area contributed by atoms with Crippen molar-refractivity contribution in [2.75, 3.05) is 19.5 Å². The molecule has 2 heterocycles. The van der Waals surface area contributed by atoms with Crippen LogP contribution in [0.4, 0.5) is 0 Å². The quantitative estimate of drug-likeness (QED) is 0.895. The van der Waals surface area contributed by atoms with E-state index in [1.807, 2.05) is 6.26 Å². The van der Waals surface area contributed by atoms with Crippen LogP contribution in [0.15, 0.2) is 22.7 Å². The zero-order valence-corrected chi connectivity index (χ0v) is 12.8. The Hall–Kier alpha value is -2.22. The summed E-state index contributed by atoms with van der Waals surface area (Å²) in [5.74, 6) is 2.69. The first-order valence-electron chi connectivity index (χ1n) is 6.74. The maximum absolute atomic E-state index is 12.1. The van der Waals surface area contributed by atoms with Gasteiger partial charge >= 0.3 is 0 Å². The van der Waals surface area contributed by atoms with Gasteiger partial charge in [-0.05, 0) is 24.5 Å². The van der Waals surface area contributed by atoms with Gasteiger partial charge < -0.3 is 19.3 Å². The molecule has 0 saturated heterocycles. The molecule has 3 rings (SSSR count). The summed E-state index contributed by atoms with van der Waals surface area (Å²) in [6, 6.07) is 5.08. The molecule has 0 unspecified atom stereocenters. The first-order valence-corrected chi connectivity index (χ1v) is 8.14. The summed E-state index contributed by atoms with van der Waals surface area (Å²) in [7, 11) is 0. The molecule has 1 aliphatic heterocycles. The minimum atomic E-state index is -0.235. The van der Waals surface area contributed by atoms with Crippen molar-refractivity contribution in [2.45, 2.75) is 12.3 Å². The maximum Gasteiger partial charge on any atom is 0.251 e. The first kappa shape index (κ1) is 14.7. The number of nitrogens with zero attached hydrogens (tertiary/aromatic N) is 2. The fraction of sp³-hybridized carbons (Fsp3) is 0.357. The number of rotatable bonds is 5. The summed E-state index contributed by atoms with van der Waals surface area (Å²) in [5.41, 5.74) is 0.494. The molecule has 0 spiro atoms. The number of fused-ring (bicyclic) bond motifs is 1. The highest BCUT2D eigenvalue weighted by Gasteiger charge is 2.15. The van der Waals surface area contributed by atoms with E-state index in [0.29, 0.717) is 47.7 Å². The number of aromatic nitrogens is 2. The topological polar surface area (TPSA) is 86.5 Å². The predicted molar refractivity (Wildman–Crippen MR) is 80.1 cm³/mol. The lowest BCUT2D eigenvalue weighted by atomic mass is 10.2. The van der Waals surface area contributed by atoms with Gasteiger partial charge in [0.25, 0.3) is 5.91 Å². The highest BCUT2D eigenvalue weighted by atomic mass is 32.2. The summed E-state index contributed by atoms with van der Waals surface area (Å²) in [6.07, 6.45) is 1.96. The van der Waals surface area contributed by atoms with Gasteiger partial charge in [-0.2, -0.15) is 16.7 Å². The normalized spacial score (nSPS) is 13.0. The third kappa shape index (κ3) is 3.33. The molecule has 116 valence electrons. The maximum atomic E-state index is 12.1. The summed E-state index contributed by atoms with van der Waals surface area (Å²) < 4.78 is 15.9. The van der Waals surface area contributed by atoms with E-state index in [1.54, 1.807) is 30.0 Å². The Bertz CT molecular complexity index is 674. The number of hydrogen-bond donors (Lipinski definition) is 1. The number of carbonyl (C=O) groups is 1. The highest BCUT2D eigenvalue weighted by molar-refractivity contribution is 7.97. The molecular formula is C14H15N3O4S. The van der Waals surface area contributed by atoms with Crippen LogP contribution in [-0.2, 0) is 12.3 Å². The molecule has 0 saturated carbocycles. The fourth-order valence-corrected chi connectivity index (χ4v) is 2.37. The van der Waals surface area contributed by atoms with Crippen LogP contribution in [0.5, 0.6) is 11.5 Å². The number of hydrogen-bond acceptors (Lipinski definition) is 7. The van der Waals surface area contributed by atoms with Crippen LogP contribution in [0.2, 0.25) is 0 Å². The molecule has 1 aliphatic rings. The van der Waals surface area contributed by atoms with Crippen LogP contribution >= 0.6 is 11.8 Å². The molecule has 1 N–H and O–H groups in total. The molecule has 7 nitrogen and oxygen atoms in total. The van der Waals surface area contributed by atoms with Gasteiger partial charge in [0.2, 0.25) is 5.89 Å². The first-order chi connectivity index (χ1) is 10.8. The molecule has 0 atom stereocenters. The van der Waals surface area contributed by atoms with Gasteiger partial charge in [-0.25, -0.2) is 0 Å². The largest absolute Gasteiger partial charge is 0.486 e. The Morgan fingerprint density at radius 2 is 2.14 bits per heavy atom. The third-order valence-electron chi connectivity index (χ3n) is 2.99. The lowest BCUT2D eigenvalue weighted by Gasteiger charge is -2.18. The van der Waals surface area contributed by atoms with Gasteiger partial charge in [-0.3, -0.25) is 4.79 Å². The van der Waals surface area contributed by atoms with Gasteiger partial charge in [0, 0.05) is 5.56 Å². The van der Waals surface area contributed by atoms with Crippen molar-refractivity contribution in [1.29, 1.82) is 0 Å². The molecule has 0 radical (unpaired) electrons. The molecule has 0 bridgehead atoms. The third-order valence-corrected chi connectivity index (χ3v) is 3.53. The molecule has 22 heavy (non-hydrogen) atoms. The number of benzene rings is 1. The summed E-state index contributed by atoms with van der Waals surface area (Å²) in [4.78, 5) is 16.3. The van der Waals surface area contributed by atoms with E-state index in [9.17, 15) is 4.79 Å². The van der Waals surface area contributed by atoms with Crippen LogP contribution < -0.4 is 14.8 Å². The smallest absolute Gasteiger partial charge is 0.251 e. The summed E-state index contributed by atoms with van der Waals surface area (Å²) in [5, 5.41) is 6.56. The number of nitrogens with one attached hydrogen (secondary N) is 1. The van der Waals surface area contributed by atoms with E-state index in [4.69, 9.17) is 14.0 Å². The van der Waals surface area contributed by atoms with Crippen molar-refractivity contribution in [1.82, 2.24) is 15.5 Å². The fourth-order valence-electron chi connectivity index (χ4n) is 1.99. The second-order valence-corrected chi connectivity index (χ2v) is 5.44. The van der Waals surface area contributed by atoms with E-state index in [1.165, 1.54) is 0 Å². The van der Waals surface area contributed by atoms with Crippen molar-refractivity contribution >= 4 is 17.7 Å². The minimum absolute atomic E-state index is 0.189. The van der Waals surface area contributed by atoms with E-state index in [2.05, 4.69) is 15.5 Å². The lowest BCUT2D eigenvalue weighted by molar-refractivity contribution is 0.0945. The Balaban J connectivity index is 1.61. The standard InChI is InChI=1S/C14H15N3O4S/c1-22-8-12-16-13(21-17-12)7-15-14(18)9-2-3-10-11(6-9)20-5-4-19-10/h2-3,6H,4-5,7-8H2,1H3,(H,15,18). The van der Waals surface area contributed by atoms with E-state index < -0.39 is 0 Å². The molecule has 1 aromatic carbocycles. The molecule has 1 aromatic heterocycles. The number of ether oxygens (including phenoxy) is 2. The number of thioether (sulfide) groups is 1. The molecule has 8 heteroatoms. The van der Waals surface area contributed by atoms with Crippen molar-refractivity contribution in [3.63, 3.8) is 0 Å². The predicted octanol–water partition coefficient (Wildman–Crippen LogP) is 1.63. The van der Waals surface area contributed by atoms with E-state index in [-0.39, 0.29) is 12.5 Å². The van der Waals surface area contributed by atoms with Gasteiger partial charge in [0.1, 0.15) is 13.2 Å². The monoisotopic (exact) mass is 321 g/mol. The van der Waals surface area contributed by atoms with Gasteiger partial charge in [-0.15, -0.1) is 0 Å². The highest BCUT2D eigenvalue weighted by Crippen LogP contribution is 2.30. The van der Waals surface area contributed by atoms with Crippen LogP contribution in [-0.4, -0.2) is 35.5 Å². The zero-order valence-electron chi connectivity index (χ0n) is 12.0. The molecule has 0 fully saturated rings.